The molecular weight excluding hydrogens is 270 g/mol. The molecule has 19 heavy (non-hydrogen) atoms. The molecule has 1 N–H and O–H groups in total. The van der Waals surface area contributed by atoms with Gasteiger partial charge in [-0.25, -0.2) is 13.2 Å². The van der Waals surface area contributed by atoms with Gasteiger partial charge in [-0.15, -0.1) is 5.10 Å². The molecule has 1 rings (SSSR count). The molecule has 0 saturated carbocycles. The zero-order valence-corrected chi connectivity index (χ0v) is 12.2. The summed E-state index contributed by atoms with van der Waals surface area (Å²) < 4.78 is 22.3. The van der Waals surface area contributed by atoms with E-state index in [0.717, 1.165) is 6.26 Å². The van der Waals surface area contributed by atoms with E-state index in [0.29, 0.717) is 11.3 Å². The van der Waals surface area contributed by atoms with Crippen LogP contribution in [-0.2, 0) is 9.84 Å². The third kappa shape index (κ3) is 3.88. The van der Waals surface area contributed by atoms with E-state index in [1.165, 1.54) is 4.90 Å². The Bertz CT molecular complexity index is 598. The zero-order chi connectivity index (χ0) is 14.8. The van der Waals surface area contributed by atoms with Crippen molar-refractivity contribution < 1.29 is 18.3 Å². The minimum absolute atomic E-state index is 0.0588. The van der Waals surface area contributed by atoms with E-state index in [-0.39, 0.29) is 23.7 Å². The highest BCUT2D eigenvalue weighted by Crippen LogP contribution is 2.21. The fraction of sp³-hybridized carbons (Fsp3) is 0.545. The van der Waals surface area contributed by atoms with E-state index in [1.807, 2.05) is 0 Å². The molecule has 1 aromatic heterocycles. The first-order valence-electron chi connectivity index (χ1n) is 5.59. The van der Waals surface area contributed by atoms with Crippen molar-refractivity contribution in [3.63, 3.8) is 0 Å². The molecular formula is C11H17N3O4S. The largest absolute Gasteiger partial charge is 0.478 e. The minimum atomic E-state index is -3.12. The summed E-state index contributed by atoms with van der Waals surface area (Å²) in [5.74, 6) is -0.993. The predicted octanol–water partition coefficient (Wildman–Crippen LogP) is 0.272. The minimum Gasteiger partial charge on any atom is -0.478 e. The first kappa shape index (κ1) is 15.4. The molecule has 0 saturated heterocycles. The van der Waals surface area contributed by atoms with Crippen molar-refractivity contribution in [2.24, 2.45) is 0 Å². The second-order valence-corrected chi connectivity index (χ2v) is 6.73. The number of hydrogen-bond donors (Lipinski definition) is 1. The van der Waals surface area contributed by atoms with Crippen LogP contribution in [-0.4, -0.2) is 55.3 Å². The third-order valence-electron chi connectivity index (χ3n) is 2.81. The Morgan fingerprint density at radius 2 is 1.89 bits per heavy atom. The summed E-state index contributed by atoms with van der Waals surface area (Å²) in [7, 11) is -1.52. The maximum absolute atomic E-state index is 11.3. The molecule has 0 aromatic carbocycles. The maximum atomic E-state index is 11.3. The molecule has 0 amide bonds. The molecule has 0 fully saturated rings. The van der Waals surface area contributed by atoms with Gasteiger partial charge in [-0.05, 0) is 19.4 Å². The first-order chi connectivity index (χ1) is 8.63. The summed E-state index contributed by atoms with van der Waals surface area (Å²) in [6, 6.07) is 0. The molecule has 7 nitrogen and oxygen atoms in total. The summed E-state index contributed by atoms with van der Waals surface area (Å²) in [6.07, 6.45) is 1.13. The van der Waals surface area contributed by atoms with Crippen molar-refractivity contribution in [3.8, 4) is 0 Å². The van der Waals surface area contributed by atoms with Gasteiger partial charge in [0, 0.05) is 19.8 Å². The maximum Gasteiger partial charge on any atom is 0.339 e. The van der Waals surface area contributed by atoms with Gasteiger partial charge in [0.2, 0.25) is 0 Å². The smallest absolute Gasteiger partial charge is 0.339 e. The summed E-state index contributed by atoms with van der Waals surface area (Å²) in [5.41, 5.74) is 1.13. The first-order valence-corrected chi connectivity index (χ1v) is 7.65. The monoisotopic (exact) mass is 287 g/mol. The number of carboxylic acids is 1. The Hall–Kier alpha value is -1.70. The Morgan fingerprint density at radius 1 is 1.32 bits per heavy atom. The Labute approximate surface area is 112 Å². The van der Waals surface area contributed by atoms with E-state index in [1.54, 1.807) is 20.9 Å². The Kier molecular flexibility index (Phi) is 4.46. The van der Waals surface area contributed by atoms with Crippen LogP contribution < -0.4 is 4.90 Å². The van der Waals surface area contributed by atoms with Crippen LogP contribution in [0, 0.1) is 13.8 Å². The predicted molar refractivity (Wildman–Crippen MR) is 71.4 cm³/mol. The van der Waals surface area contributed by atoms with Gasteiger partial charge >= 0.3 is 5.97 Å². The van der Waals surface area contributed by atoms with Gasteiger partial charge in [0.05, 0.1) is 11.4 Å². The molecule has 1 heterocycles. The van der Waals surface area contributed by atoms with Crippen LogP contribution in [0.2, 0.25) is 0 Å². The number of sulfone groups is 1. The number of anilines is 1. The van der Waals surface area contributed by atoms with E-state index in [4.69, 9.17) is 0 Å². The van der Waals surface area contributed by atoms with Gasteiger partial charge in [0.15, 0.2) is 5.82 Å². The van der Waals surface area contributed by atoms with Crippen molar-refractivity contribution in [2.75, 3.05) is 30.5 Å². The number of rotatable bonds is 5. The molecule has 106 valence electrons. The molecule has 0 aliphatic rings. The van der Waals surface area contributed by atoms with E-state index >= 15 is 0 Å². The van der Waals surface area contributed by atoms with Crippen molar-refractivity contribution in [3.05, 3.63) is 16.8 Å². The highest BCUT2D eigenvalue weighted by molar-refractivity contribution is 7.90. The molecule has 1 aromatic rings. The highest BCUT2D eigenvalue weighted by Gasteiger charge is 2.20. The van der Waals surface area contributed by atoms with Crippen molar-refractivity contribution in [1.82, 2.24) is 10.2 Å². The van der Waals surface area contributed by atoms with E-state index in [9.17, 15) is 18.3 Å². The van der Waals surface area contributed by atoms with Gasteiger partial charge in [0.1, 0.15) is 15.4 Å². The molecule has 0 atom stereocenters. The standard InChI is InChI=1S/C11H17N3O4S/c1-7-8(2)12-13-10(9(7)11(15)16)14(3)5-6-19(4,17)18/h5-6H2,1-4H3,(H,15,16). The van der Waals surface area contributed by atoms with E-state index in [2.05, 4.69) is 10.2 Å². The second-order valence-electron chi connectivity index (χ2n) is 4.47. The molecule has 0 aliphatic heterocycles. The number of carboxylic acid groups (broad SMARTS) is 1. The zero-order valence-electron chi connectivity index (χ0n) is 11.3. The molecule has 0 unspecified atom stereocenters. The fourth-order valence-electron chi connectivity index (χ4n) is 1.53. The van der Waals surface area contributed by atoms with E-state index < -0.39 is 15.8 Å². The average Bonchev–Trinajstić information content (AvgIpc) is 2.27. The Balaban J connectivity index is 3.13. The summed E-state index contributed by atoms with van der Waals surface area (Å²) in [6.45, 7) is 3.49. The number of nitrogens with zero attached hydrogens (tertiary/aromatic N) is 3. The average molecular weight is 287 g/mol. The topological polar surface area (TPSA) is 100 Å². The van der Waals surface area contributed by atoms with Gasteiger partial charge in [0.25, 0.3) is 0 Å². The van der Waals surface area contributed by atoms with Gasteiger partial charge in [-0.1, -0.05) is 0 Å². The van der Waals surface area contributed by atoms with Crippen LogP contribution in [0.5, 0.6) is 0 Å². The quantitative estimate of drug-likeness (QED) is 0.829. The van der Waals surface area contributed by atoms with Gasteiger partial charge in [-0.2, -0.15) is 5.10 Å². The lowest BCUT2D eigenvalue weighted by Crippen LogP contribution is -2.28. The van der Waals surface area contributed by atoms with Crippen molar-refractivity contribution >= 4 is 21.6 Å². The lowest BCUT2D eigenvalue weighted by atomic mass is 10.1. The number of carbonyl (C=O) groups is 1. The fourth-order valence-corrected chi connectivity index (χ4v) is 2.13. The molecule has 8 heteroatoms. The molecule has 0 aliphatic carbocycles. The molecule has 0 spiro atoms. The van der Waals surface area contributed by atoms with Gasteiger partial charge < -0.3 is 10.0 Å². The number of aryl methyl sites for hydroxylation is 1. The van der Waals surface area contributed by atoms with Crippen LogP contribution >= 0.6 is 0 Å². The van der Waals surface area contributed by atoms with Crippen LogP contribution in [0.4, 0.5) is 5.82 Å². The lowest BCUT2D eigenvalue weighted by Gasteiger charge is -2.20. The van der Waals surface area contributed by atoms with Crippen molar-refractivity contribution in [2.45, 2.75) is 13.8 Å². The normalized spacial score (nSPS) is 11.4. The highest BCUT2D eigenvalue weighted by atomic mass is 32.2. The van der Waals surface area contributed by atoms with Crippen LogP contribution in [0.1, 0.15) is 21.6 Å². The molecule has 0 bridgehead atoms. The summed E-state index contributed by atoms with van der Waals surface area (Å²) in [4.78, 5) is 12.8. The lowest BCUT2D eigenvalue weighted by molar-refractivity contribution is 0.0696. The SMILES string of the molecule is Cc1nnc(N(C)CCS(C)(=O)=O)c(C(=O)O)c1C. The van der Waals surface area contributed by atoms with Crippen LogP contribution in [0.3, 0.4) is 0 Å². The summed E-state index contributed by atoms with van der Waals surface area (Å²) >= 11 is 0. The number of hydrogen-bond acceptors (Lipinski definition) is 6. The van der Waals surface area contributed by atoms with Gasteiger partial charge in [-0.3, -0.25) is 0 Å². The van der Waals surface area contributed by atoms with Crippen molar-refractivity contribution in [1.29, 1.82) is 0 Å². The third-order valence-corrected chi connectivity index (χ3v) is 3.73. The summed E-state index contributed by atoms with van der Waals surface area (Å²) in [5, 5.41) is 17.0. The molecule has 0 radical (unpaired) electrons. The Morgan fingerprint density at radius 3 is 2.37 bits per heavy atom. The van der Waals surface area contributed by atoms with Crippen LogP contribution in [0.15, 0.2) is 0 Å². The van der Waals surface area contributed by atoms with Crippen LogP contribution in [0.25, 0.3) is 0 Å². The number of aromatic carboxylic acids is 1. The second kappa shape index (κ2) is 5.52. The number of aromatic nitrogens is 2.